The molecule has 0 fully saturated rings. The number of nitrogens with zero attached hydrogens (tertiary/aromatic N) is 4. The van der Waals surface area contributed by atoms with Crippen molar-refractivity contribution >= 4 is 11.3 Å². The lowest BCUT2D eigenvalue weighted by molar-refractivity contribution is 0.555. The average Bonchev–Trinajstić information content (AvgIpc) is 2.95. The molecule has 0 aliphatic heterocycles. The minimum Gasteiger partial charge on any atom is -0.310 e. The van der Waals surface area contributed by atoms with Gasteiger partial charge in [0.15, 0.2) is 0 Å². The summed E-state index contributed by atoms with van der Waals surface area (Å²) >= 11 is 1.52. The average molecular weight is 233 g/mol. The van der Waals surface area contributed by atoms with E-state index in [0.717, 1.165) is 24.5 Å². The number of thiophene rings is 1. The van der Waals surface area contributed by atoms with Crippen LogP contribution >= 0.6 is 11.3 Å². The van der Waals surface area contributed by atoms with E-state index in [-0.39, 0.29) is 0 Å². The summed E-state index contributed by atoms with van der Waals surface area (Å²) in [5.74, 6) is 0. The first-order valence-corrected chi connectivity index (χ1v) is 5.72. The van der Waals surface area contributed by atoms with E-state index in [1.54, 1.807) is 11.0 Å². The van der Waals surface area contributed by atoms with Crippen LogP contribution in [-0.2, 0) is 13.1 Å². The zero-order valence-corrected chi connectivity index (χ0v) is 9.44. The van der Waals surface area contributed by atoms with Gasteiger partial charge in [0.1, 0.15) is 23.6 Å². The monoisotopic (exact) mass is 233 g/mol. The maximum atomic E-state index is 8.67. The molecule has 0 aliphatic carbocycles. The van der Waals surface area contributed by atoms with Crippen molar-refractivity contribution in [2.75, 3.05) is 6.54 Å². The second-order valence-electron chi connectivity index (χ2n) is 3.21. The summed E-state index contributed by atoms with van der Waals surface area (Å²) < 4.78 is 1.78. The lowest BCUT2D eigenvalue weighted by Gasteiger charge is -2.02. The fourth-order valence-electron chi connectivity index (χ4n) is 1.29. The third-order valence-corrected chi connectivity index (χ3v) is 3.05. The number of hydrogen-bond acceptors (Lipinski definition) is 5. The quantitative estimate of drug-likeness (QED) is 0.782. The van der Waals surface area contributed by atoms with E-state index in [0.29, 0.717) is 0 Å². The molecule has 1 N–H and O–H groups in total. The van der Waals surface area contributed by atoms with E-state index in [2.05, 4.69) is 21.5 Å². The Kier molecular flexibility index (Phi) is 3.64. The highest BCUT2D eigenvalue weighted by Crippen LogP contribution is 2.14. The van der Waals surface area contributed by atoms with Crippen molar-refractivity contribution in [1.29, 1.82) is 5.26 Å². The van der Waals surface area contributed by atoms with E-state index in [4.69, 9.17) is 5.26 Å². The molecule has 0 spiro atoms. The van der Waals surface area contributed by atoms with Gasteiger partial charge >= 0.3 is 0 Å². The molecule has 0 aliphatic rings. The molecule has 5 nitrogen and oxygen atoms in total. The SMILES string of the molecule is N#Cc1ccc(CNCCn2cncn2)s1. The summed E-state index contributed by atoms with van der Waals surface area (Å²) in [6.45, 7) is 2.43. The maximum absolute atomic E-state index is 8.67. The summed E-state index contributed by atoms with van der Waals surface area (Å²) in [7, 11) is 0. The van der Waals surface area contributed by atoms with Crippen LogP contribution in [-0.4, -0.2) is 21.3 Å². The van der Waals surface area contributed by atoms with Gasteiger partial charge in [-0.2, -0.15) is 10.4 Å². The van der Waals surface area contributed by atoms with Crippen molar-refractivity contribution in [1.82, 2.24) is 20.1 Å². The molecule has 0 saturated heterocycles. The van der Waals surface area contributed by atoms with Crippen molar-refractivity contribution in [3.8, 4) is 6.07 Å². The number of nitriles is 1. The second kappa shape index (κ2) is 5.39. The van der Waals surface area contributed by atoms with Gasteiger partial charge in [-0.05, 0) is 12.1 Å². The lowest BCUT2D eigenvalue weighted by atomic mass is 10.4. The van der Waals surface area contributed by atoms with Crippen LogP contribution in [0.4, 0.5) is 0 Å². The van der Waals surface area contributed by atoms with Crippen LogP contribution < -0.4 is 5.32 Å². The van der Waals surface area contributed by atoms with Crippen LogP contribution in [0, 0.1) is 11.3 Å². The third-order valence-electron chi connectivity index (χ3n) is 2.06. The zero-order chi connectivity index (χ0) is 11.2. The summed E-state index contributed by atoms with van der Waals surface area (Å²) in [5, 5.41) is 16.0. The first kappa shape index (κ1) is 10.8. The predicted molar refractivity (Wildman–Crippen MR) is 60.8 cm³/mol. The van der Waals surface area contributed by atoms with Crippen LogP contribution in [0.5, 0.6) is 0 Å². The van der Waals surface area contributed by atoms with Crippen LogP contribution in [0.15, 0.2) is 24.8 Å². The van der Waals surface area contributed by atoms with E-state index < -0.39 is 0 Å². The molecule has 2 aromatic heterocycles. The number of rotatable bonds is 5. The van der Waals surface area contributed by atoms with Gasteiger partial charge in [-0.1, -0.05) is 0 Å². The van der Waals surface area contributed by atoms with Gasteiger partial charge in [0.2, 0.25) is 0 Å². The predicted octanol–water partition coefficient (Wildman–Crippen LogP) is 1.00. The Labute approximate surface area is 97.4 Å². The van der Waals surface area contributed by atoms with E-state index >= 15 is 0 Å². The molecule has 0 atom stereocenters. The Morgan fingerprint density at radius 1 is 1.50 bits per heavy atom. The van der Waals surface area contributed by atoms with Crippen molar-refractivity contribution in [3.63, 3.8) is 0 Å². The Morgan fingerprint density at radius 3 is 3.12 bits per heavy atom. The summed E-state index contributed by atoms with van der Waals surface area (Å²) in [5.41, 5.74) is 0. The van der Waals surface area contributed by atoms with Crippen molar-refractivity contribution in [3.05, 3.63) is 34.5 Å². The van der Waals surface area contributed by atoms with Crippen LogP contribution in [0.1, 0.15) is 9.75 Å². The van der Waals surface area contributed by atoms with Crippen molar-refractivity contribution in [2.45, 2.75) is 13.1 Å². The molecule has 82 valence electrons. The number of aromatic nitrogens is 3. The van der Waals surface area contributed by atoms with E-state index in [1.165, 1.54) is 22.5 Å². The molecule has 16 heavy (non-hydrogen) atoms. The molecular weight excluding hydrogens is 222 g/mol. The van der Waals surface area contributed by atoms with E-state index in [9.17, 15) is 0 Å². The minimum absolute atomic E-state index is 0.757. The molecule has 2 rings (SSSR count). The normalized spacial score (nSPS) is 10.2. The Hall–Kier alpha value is -1.71. The first-order valence-electron chi connectivity index (χ1n) is 4.90. The third kappa shape index (κ3) is 2.89. The molecule has 0 unspecified atom stereocenters. The number of hydrogen-bond donors (Lipinski definition) is 1. The molecule has 0 radical (unpaired) electrons. The molecule has 6 heteroatoms. The van der Waals surface area contributed by atoms with Crippen LogP contribution in [0.3, 0.4) is 0 Å². The highest BCUT2D eigenvalue weighted by molar-refractivity contribution is 7.12. The molecule has 0 saturated carbocycles. The van der Waals surface area contributed by atoms with Gasteiger partial charge in [-0.25, -0.2) is 4.98 Å². The van der Waals surface area contributed by atoms with Crippen LogP contribution in [0.2, 0.25) is 0 Å². The highest BCUT2D eigenvalue weighted by Gasteiger charge is 1.98. The van der Waals surface area contributed by atoms with Gasteiger partial charge in [-0.3, -0.25) is 4.68 Å². The molecule has 0 amide bonds. The van der Waals surface area contributed by atoms with Crippen LogP contribution in [0.25, 0.3) is 0 Å². The smallest absolute Gasteiger partial charge is 0.137 e. The fourth-order valence-corrected chi connectivity index (χ4v) is 2.06. The molecule has 2 aromatic rings. The summed E-state index contributed by atoms with van der Waals surface area (Å²) in [4.78, 5) is 5.80. The fraction of sp³-hybridized carbons (Fsp3) is 0.300. The van der Waals surface area contributed by atoms with Gasteiger partial charge < -0.3 is 5.32 Å². The molecular formula is C10H11N5S. The summed E-state index contributed by atoms with van der Waals surface area (Å²) in [6.07, 6.45) is 3.22. The van der Waals surface area contributed by atoms with Gasteiger partial charge in [-0.15, -0.1) is 11.3 Å². The summed E-state index contributed by atoms with van der Waals surface area (Å²) in [6, 6.07) is 5.95. The highest BCUT2D eigenvalue weighted by atomic mass is 32.1. The van der Waals surface area contributed by atoms with Gasteiger partial charge in [0.25, 0.3) is 0 Å². The first-order chi connectivity index (χ1) is 7.88. The van der Waals surface area contributed by atoms with Gasteiger partial charge in [0.05, 0.1) is 6.54 Å². The molecule has 0 aromatic carbocycles. The zero-order valence-electron chi connectivity index (χ0n) is 8.63. The van der Waals surface area contributed by atoms with Crippen molar-refractivity contribution < 1.29 is 0 Å². The second-order valence-corrected chi connectivity index (χ2v) is 4.38. The molecule has 0 bridgehead atoms. The largest absolute Gasteiger partial charge is 0.310 e. The van der Waals surface area contributed by atoms with Crippen molar-refractivity contribution in [2.24, 2.45) is 0 Å². The number of nitrogens with one attached hydrogen (secondary N) is 1. The topological polar surface area (TPSA) is 66.5 Å². The Bertz CT molecular complexity index is 468. The van der Waals surface area contributed by atoms with E-state index in [1.807, 2.05) is 12.1 Å². The molecule has 2 heterocycles. The lowest BCUT2D eigenvalue weighted by Crippen LogP contribution is -2.19. The van der Waals surface area contributed by atoms with Gasteiger partial charge in [0, 0.05) is 18.0 Å². The maximum Gasteiger partial charge on any atom is 0.137 e. The Morgan fingerprint density at radius 2 is 2.44 bits per heavy atom. The standard InChI is InChI=1S/C10H11N5S/c11-5-9-1-2-10(16-9)6-12-3-4-15-8-13-7-14-15/h1-2,7-8,12H,3-4,6H2. The Balaban J connectivity index is 1.70. The minimum atomic E-state index is 0.757.